The Morgan fingerprint density at radius 1 is 0.824 bits per heavy atom. The van der Waals surface area contributed by atoms with Gasteiger partial charge in [-0.25, -0.2) is 0 Å². The summed E-state index contributed by atoms with van der Waals surface area (Å²) >= 11 is 0. The van der Waals surface area contributed by atoms with Crippen molar-refractivity contribution in [3.63, 3.8) is 0 Å². The van der Waals surface area contributed by atoms with Crippen LogP contribution in [0.1, 0.15) is 128 Å². The molecule has 3 rings (SSSR count). The van der Waals surface area contributed by atoms with Crippen LogP contribution in [0.4, 0.5) is 0 Å². The van der Waals surface area contributed by atoms with Gasteiger partial charge in [-0.05, 0) is 80.4 Å². The van der Waals surface area contributed by atoms with E-state index in [1.54, 1.807) is 0 Å². The topological polar surface area (TPSA) is 43.4 Å². The molecule has 0 N–H and O–H groups in total. The molecule has 2 saturated carbocycles. The lowest BCUT2D eigenvalue weighted by Gasteiger charge is -2.31. The Bertz CT molecular complexity index is 730. The van der Waals surface area contributed by atoms with Crippen molar-refractivity contribution in [2.75, 3.05) is 6.61 Å². The van der Waals surface area contributed by atoms with Gasteiger partial charge in [0.1, 0.15) is 17.3 Å². The van der Waals surface area contributed by atoms with E-state index in [1.165, 1.54) is 44.1 Å². The fourth-order valence-electron chi connectivity index (χ4n) is 6.01. The number of Topliss-reactive ketones (excluding diaryl/α,β-unsaturated/α-hetero) is 2. The Labute approximate surface area is 208 Å². The zero-order chi connectivity index (χ0) is 24.2. The highest BCUT2D eigenvalue weighted by Crippen LogP contribution is 2.39. The van der Waals surface area contributed by atoms with E-state index in [-0.39, 0.29) is 17.5 Å². The molecular weight excluding hydrogens is 420 g/mol. The quantitative estimate of drug-likeness (QED) is 0.203. The van der Waals surface area contributed by atoms with Crippen LogP contribution in [0.15, 0.2) is 24.3 Å². The number of unbranched alkanes of at least 4 members (excludes halogenated alkanes) is 5. The fraction of sp³-hybridized carbons (Fsp3) is 0.742. The zero-order valence-electron chi connectivity index (χ0n) is 21.9. The number of carbonyl (C=O) groups is 2. The lowest BCUT2D eigenvalue weighted by atomic mass is 9.73. The number of rotatable bonds is 14. The first kappa shape index (κ1) is 27.0. The van der Waals surface area contributed by atoms with Gasteiger partial charge in [0.2, 0.25) is 0 Å². The molecule has 2 fully saturated rings. The van der Waals surface area contributed by atoms with E-state index in [0.717, 1.165) is 63.7 Å². The summed E-state index contributed by atoms with van der Waals surface area (Å²) in [6.45, 7) is 5.21. The molecule has 3 heteroatoms. The van der Waals surface area contributed by atoms with Crippen molar-refractivity contribution in [1.82, 2.24) is 0 Å². The smallest absolute Gasteiger partial charge is 0.143 e. The number of ether oxygens (including phenoxy) is 1. The minimum absolute atomic E-state index is 0.239. The molecule has 0 amide bonds. The summed E-state index contributed by atoms with van der Waals surface area (Å²) < 4.78 is 5.79. The van der Waals surface area contributed by atoms with Gasteiger partial charge in [-0.2, -0.15) is 0 Å². The molecule has 1 aromatic rings. The summed E-state index contributed by atoms with van der Waals surface area (Å²) in [5, 5.41) is 0. The third-order valence-electron chi connectivity index (χ3n) is 8.30. The van der Waals surface area contributed by atoms with Gasteiger partial charge >= 0.3 is 0 Å². The highest BCUT2D eigenvalue weighted by atomic mass is 16.5. The summed E-state index contributed by atoms with van der Waals surface area (Å²) in [6, 6.07) is 8.65. The number of ketones is 2. The second-order valence-corrected chi connectivity index (χ2v) is 11.0. The maximum atomic E-state index is 13.0. The molecule has 2 aliphatic carbocycles. The molecule has 3 nitrogen and oxygen atoms in total. The highest BCUT2D eigenvalue weighted by molar-refractivity contribution is 6.02. The Balaban J connectivity index is 1.35. The molecule has 0 aliphatic heterocycles. The van der Waals surface area contributed by atoms with E-state index in [2.05, 4.69) is 38.1 Å². The average molecular weight is 469 g/mol. The minimum atomic E-state index is -0.297. The zero-order valence-corrected chi connectivity index (χ0v) is 21.9. The van der Waals surface area contributed by atoms with E-state index < -0.39 is 0 Å². The van der Waals surface area contributed by atoms with Crippen molar-refractivity contribution in [3.8, 4) is 5.75 Å². The van der Waals surface area contributed by atoms with E-state index >= 15 is 0 Å². The number of hydrogen-bond donors (Lipinski definition) is 0. The van der Waals surface area contributed by atoms with Gasteiger partial charge in [0.05, 0.1) is 12.5 Å². The standard InChI is InChI=1S/C31H48O3/c1-3-5-7-8-9-10-24-13-20-29(30(32)22-24)31(33)23-25-11-14-26(15-12-25)27-16-18-28(19-17-27)34-21-6-4-2/h16-19,24-26,29H,3-15,20-23H2,1-2H3/t24?,25-,26-,29?. The molecular formula is C31H48O3. The van der Waals surface area contributed by atoms with Crippen molar-refractivity contribution >= 4 is 11.6 Å². The van der Waals surface area contributed by atoms with E-state index in [0.29, 0.717) is 30.6 Å². The van der Waals surface area contributed by atoms with E-state index in [1.807, 2.05) is 0 Å². The van der Waals surface area contributed by atoms with Gasteiger partial charge in [-0.15, -0.1) is 0 Å². The lowest BCUT2D eigenvalue weighted by molar-refractivity contribution is -0.136. The Morgan fingerprint density at radius 2 is 1.50 bits per heavy atom. The van der Waals surface area contributed by atoms with E-state index in [9.17, 15) is 9.59 Å². The Kier molecular flexibility index (Phi) is 11.6. The molecule has 190 valence electrons. The third kappa shape index (κ3) is 8.54. The van der Waals surface area contributed by atoms with Crippen LogP contribution in [0.25, 0.3) is 0 Å². The minimum Gasteiger partial charge on any atom is -0.494 e. The summed E-state index contributed by atoms with van der Waals surface area (Å²) in [5.41, 5.74) is 1.40. The van der Waals surface area contributed by atoms with Gasteiger partial charge < -0.3 is 4.74 Å². The highest BCUT2D eigenvalue weighted by Gasteiger charge is 2.34. The van der Waals surface area contributed by atoms with Crippen molar-refractivity contribution in [2.45, 2.75) is 122 Å². The third-order valence-corrected chi connectivity index (χ3v) is 8.30. The molecule has 34 heavy (non-hydrogen) atoms. The predicted octanol–water partition coefficient (Wildman–Crippen LogP) is 8.44. The lowest BCUT2D eigenvalue weighted by Crippen LogP contribution is -2.32. The second kappa shape index (κ2) is 14.7. The van der Waals surface area contributed by atoms with Gasteiger partial charge in [-0.1, -0.05) is 70.9 Å². The van der Waals surface area contributed by atoms with Gasteiger partial charge in [0, 0.05) is 12.8 Å². The molecule has 2 atom stereocenters. The first-order chi connectivity index (χ1) is 16.6. The van der Waals surface area contributed by atoms with Crippen LogP contribution in [0.5, 0.6) is 5.75 Å². The fourth-order valence-corrected chi connectivity index (χ4v) is 6.01. The van der Waals surface area contributed by atoms with Crippen LogP contribution >= 0.6 is 0 Å². The second-order valence-electron chi connectivity index (χ2n) is 11.0. The molecule has 0 heterocycles. The first-order valence-electron chi connectivity index (χ1n) is 14.4. The molecule has 1 aromatic carbocycles. The summed E-state index contributed by atoms with van der Waals surface area (Å²) in [6.07, 6.45) is 17.5. The van der Waals surface area contributed by atoms with Crippen LogP contribution < -0.4 is 4.74 Å². The maximum absolute atomic E-state index is 13.0. The normalized spacial score (nSPS) is 25.3. The molecule has 0 radical (unpaired) electrons. The molecule has 0 bridgehead atoms. The molecule has 2 unspecified atom stereocenters. The summed E-state index contributed by atoms with van der Waals surface area (Å²) in [4.78, 5) is 25.7. The largest absolute Gasteiger partial charge is 0.494 e. The van der Waals surface area contributed by atoms with Crippen LogP contribution in [0.3, 0.4) is 0 Å². The predicted molar refractivity (Wildman–Crippen MR) is 140 cm³/mol. The van der Waals surface area contributed by atoms with Gasteiger partial charge in [0.25, 0.3) is 0 Å². The Hall–Kier alpha value is -1.64. The van der Waals surface area contributed by atoms with Crippen molar-refractivity contribution < 1.29 is 14.3 Å². The molecule has 0 saturated heterocycles. The molecule has 2 aliphatic rings. The first-order valence-corrected chi connectivity index (χ1v) is 14.4. The van der Waals surface area contributed by atoms with Crippen molar-refractivity contribution in [1.29, 1.82) is 0 Å². The molecule has 0 spiro atoms. The monoisotopic (exact) mass is 468 g/mol. The maximum Gasteiger partial charge on any atom is 0.143 e. The van der Waals surface area contributed by atoms with E-state index in [4.69, 9.17) is 4.74 Å². The summed E-state index contributed by atoms with van der Waals surface area (Å²) in [7, 11) is 0. The summed E-state index contributed by atoms with van der Waals surface area (Å²) in [5.74, 6) is 2.72. The van der Waals surface area contributed by atoms with Gasteiger partial charge in [0.15, 0.2) is 0 Å². The molecule has 0 aromatic heterocycles. The van der Waals surface area contributed by atoms with Crippen LogP contribution in [-0.2, 0) is 9.59 Å². The number of carbonyl (C=O) groups excluding carboxylic acids is 2. The average Bonchev–Trinajstić information content (AvgIpc) is 2.85. The van der Waals surface area contributed by atoms with Crippen LogP contribution in [0, 0.1) is 17.8 Å². The van der Waals surface area contributed by atoms with Crippen molar-refractivity contribution in [3.05, 3.63) is 29.8 Å². The SMILES string of the molecule is CCCCCCCC1CCC(C(=O)C[C@H]2CC[C@H](c3ccc(OCCCC)cc3)CC2)C(=O)C1. The van der Waals surface area contributed by atoms with Crippen LogP contribution in [-0.4, -0.2) is 18.2 Å². The Morgan fingerprint density at radius 3 is 2.18 bits per heavy atom. The number of benzene rings is 1. The van der Waals surface area contributed by atoms with Crippen molar-refractivity contribution in [2.24, 2.45) is 17.8 Å². The van der Waals surface area contributed by atoms with Crippen LogP contribution in [0.2, 0.25) is 0 Å². The number of hydrogen-bond acceptors (Lipinski definition) is 3. The van der Waals surface area contributed by atoms with Gasteiger partial charge in [-0.3, -0.25) is 9.59 Å².